The van der Waals surface area contributed by atoms with Crippen molar-refractivity contribution < 1.29 is 52.8 Å². The second kappa shape index (κ2) is 18.9. The number of esters is 3. The van der Waals surface area contributed by atoms with Crippen LogP contribution in [-0.2, 0) is 50.6 Å². The summed E-state index contributed by atoms with van der Waals surface area (Å²) in [5.74, 6) is -2.11. The molecule has 4 aromatic rings. The highest BCUT2D eigenvalue weighted by Crippen LogP contribution is 2.68. The molecule has 76 heavy (non-hydrogen) atoms. The summed E-state index contributed by atoms with van der Waals surface area (Å²) in [6, 6.07) is 16.0. The molecule has 17 nitrogen and oxygen atoms in total. The average molecular weight is 1040 g/mol. The van der Waals surface area contributed by atoms with Crippen LogP contribution in [0.2, 0.25) is 0 Å². The second-order valence-corrected chi connectivity index (χ2v) is 23.4. The lowest BCUT2D eigenvalue weighted by Crippen LogP contribution is -2.81. The maximum absolute atomic E-state index is 15.9. The highest BCUT2D eigenvalue weighted by molar-refractivity contribution is 5.98. The molecule has 17 heteroatoms. The number of ether oxygens (including phenoxy) is 5. The fourth-order valence-electron chi connectivity index (χ4n) is 15.3. The maximum Gasteiger partial charge on any atom is 0.412 e. The summed E-state index contributed by atoms with van der Waals surface area (Å²) in [6.07, 6.45) is 5.02. The van der Waals surface area contributed by atoms with Gasteiger partial charge in [0.2, 0.25) is 5.60 Å². The molecule has 10 atom stereocenters. The molecular formula is C59H74N6O11. The zero-order valence-electron chi connectivity index (χ0n) is 45.8. The van der Waals surface area contributed by atoms with Gasteiger partial charge in [-0.25, -0.2) is 9.59 Å². The first-order valence-electron chi connectivity index (χ1n) is 26.8. The van der Waals surface area contributed by atoms with E-state index in [0.717, 1.165) is 27.6 Å². The number of hydrogen-bond acceptors (Lipinski definition) is 14. The molecule has 2 saturated heterocycles. The van der Waals surface area contributed by atoms with E-state index in [-0.39, 0.29) is 24.3 Å². The number of aliphatic hydroxyl groups is 1. The third-order valence-corrected chi connectivity index (χ3v) is 18.2. The van der Waals surface area contributed by atoms with Crippen molar-refractivity contribution >= 4 is 52.2 Å². The van der Waals surface area contributed by atoms with Gasteiger partial charge in [-0.15, -0.1) is 0 Å². The van der Waals surface area contributed by atoms with Crippen LogP contribution in [0.25, 0.3) is 10.9 Å². The van der Waals surface area contributed by atoms with Crippen LogP contribution in [0.15, 0.2) is 66.7 Å². The fraction of sp³-hybridized carbons (Fsp3) is 0.542. The molecule has 3 fully saturated rings. The van der Waals surface area contributed by atoms with Crippen molar-refractivity contribution in [1.29, 1.82) is 0 Å². The molecule has 2 amide bonds. The van der Waals surface area contributed by atoms with Gasteiger partial charge in [0.25, 0.3) is 5.91 Å². The lowest BCUT2D eigenvalue weighted by molar-refractivity contribution is -0.228. The number of aryl methyl sites for hydroxylation is 1. The predicted molar refractivity (Wildman–Crippen MR) is 287 cm³/mol. The van der Waals surface area contributed by atoms with Crippen molar-refractivity contribution in [2.24, 2.45) is 11.3 Å². The number of aromatic amines is 1. The zero-order chi connectivity index (χ0) is 54.5. The molecule has 5 aliphatic heterocycles. The Morgan fingerprint density at radius 3 is 2.34 bits per heavy atom. The largest absolute Gasteiger partial charge is 0.496 e. The minimum atomic E-state index is -2.36. The molecule has 4 N–H and O–H groups in total. The molecule has 6 aliphatic rings. The van der Waals surface area contributed by atoms with Crippen molar-refractivity contribution in [1.82, 2.24) is 20.1 Å². The number of carbonyl (C=O) groups excluding carboxylic acids is 5. The SMILES string of the molecule is CC[C@]1(NC(=O)c2ccc(C)c(NC(=O)OC(C)(C)C)c2)C[C@H]2CN(CCc3c([nH]c4ccccc34)[C@@](C(=O)OC)(c3cc4c(cc3OC)N(C)[C@H]3[C@@](O)(C(=O)OC)[C@H](OC(C)=O)[C@]5(CC)C=CCN6CC[C@]43[C@@H]65)C2)C1. The minimum absolute atomic E-state index is 0.207. The number of methoxy groups -OCH3 is 3. The monoisotopic (exact) mass is 1040 g/mol. The Morgan fingerprint density at radius 1 is 0.908 bits per heavy atom. The van der Waals surface area contributed by atoms with E-state index < -0.39 is 69.1 Å². The third-order valence-electron chi connectivity index (χ3n) is 18.2. The van der Waals surface area contributed by atoms with E-state index in [4.69, 9.17) is 23.7 Å². The first-order chi connectivity index (χ1) is 36.1. The van der Waals surface area contributed by atoms with E-state index in [2.05, 4.69) is 44.5 Å². The normalized spacial score (nSPS) is 31.3. The zero-order valence-corrected chi connectivity index (χ0v) is 45.8. The van der Waals surface area contributed by atoms with Crippen molar-refractivity contribution in [3.8, 4) is 5.75 Å². The molecule has 1 spiro atoms. The number of hydrogen-bond donors (Lipinski definition) is 4. The van der Waals surface area contributed by atoms with Crippen LogP contribution < -0.4 is 20.3 Å². The molecule has 10 rings (SSSR count). The molecule has 1 aliphatic carbocycles. The van der Waals surface area contributed by atoms with Crippen LogP contribution in [-0.4, -0.2) is 146 Å². The topological polar surface area (TPSA) is 201 Å². The summed E-state index contributed by atoms with van der Waals surface area (Å²) in [6.45, 7) is 15.7. The lowest BCUT2D eigenvalue weighted by Gasteiger charge is -2.63. The van der Waals surface area contributed by atoms with E-state index in [1.54, 1.807) is 40.0 Å². The van der Waals surface area contributed by atoms with E-state index in [1.165, 1.54) is 21.1 Å². The number of benzene rings is 3. The molecule has 6 heterocycles. The van der Waals surface area contributed by atoms with Crippen LogP contribution in [0, 0.1) is 18.3 Å². The summed E-state index contributed by atoms with van der Waals surface area (Å²) < 4.78 is 29.9. The van der Waals surface area contributed by atoms with Gasteiger partial charge in [0, 0.05) is 102 Å². The van der Waals surface area contributed by atoms with Gasteiger partial charge in [-0.1, -0.05) is 50.3 Å². The van der Waals surface area contributed by atoms with Gasteiger partial charge >= 0.3 is 24.0 Å². The Balaban J connectivity index is 1.15. The lowest BCUT2D eigenvalue weighted by atomic mass is 9.47. The molecule has 0 radical (unpaired) electrons. The third kappa shape index (κ3) is 7.91. The Labute approximate surface area is 444 Å². The van der Waals surface area contributed by atoms with Crippen molar-refractivity contribution in [3.63, 3.8) is 0 Å². The number of rotatable bonds is 10. The molecule has 1 aromatic heterocycles. The number of anilines is 2. The number of fused-ring (bicyclic) bond motifs is 6. The molecule has 1 unspecified atom stereocenters. The van der Waals surface area contributed by atoms with E-state index in [1.807, 2.05) is 68.3 Å². The van der Waals surface area contributed by atoms with Gasteiger partial charge in [-0.2, -0.15) is 0 Å². The Morgan fingerprint density at radius 2 is 1.66 bits per heavy atom. The number of nitrogens with one attached hydrogen (secondary N) is 3. The van der Waals surface area contributed by atoms with E-state index in [0.29, 0.717) is 98.8 Å². The number of H-pyrrole nitrogens is 1. The number of aromatic nitrogens is 1. The summed E-state index contributed by atoms with van der Waals surface area (Å²) in [5, 5.41) is 20.8. The van der Waals surface area contributed by atoms with Gasteiger partial charge < -0.3 is 48.9 Å². The van der Waals surface area contributed by atoms with Gasteiger partial charge in [0.1, 0.15) is 16.8 Å². The summed E-state index contributed by atoms with van der Waals surface area (Å²) in [5.41, 5.74) is -1.12. The standard InChI is InChI=1S/C59H74N6O11/c1-12-55(62-47(67)37-20-19-34(3)43(27-37)61-53(70)76-54(5,6)7)30-36-31-58(51(68)73-10,46-39(21-25-64(32-36)33-55)38-17-14-15-18-42(38)60-46)41-28-40-44(29-45(41)72-9)63(8)49-57(40)23-26-65-24-16-22-56(13-2,48(57)65)50(75-35(4)66)59(49,71)52(69)74-11/h14-20,22,27-29,36,48-50,60,71H,12-13,21,23-26,30-33H2,1-11H3,(H,61,70)(H,62,67)/t36-,48+,49-,50-,55+,56-,57-,58+,59+/m1/s1. The van der Waals surface area contributed by atoms with Crippen LogP contribution in [0.5, 0.6) is 5.75 Å². The first-order valence-corrected chi connectivity index (χ1v) is 26.8. The van der Waals surface area contributed by atoms with Crippen LogP contribution in [0.3, 0.4) is 0 Å². The molecule has 3 aromatic carbocycles. The molecule has 406 valence electrons. The van der Waals surface area contributed by atoms with Crippen molar-refractivity contribution in [2.75, 3.05) is 71.3 Å². The van der Waals surface area contributed by atoms with Gasteiger partial charge in [-0.3, -0.25) is 24.6 Å². The quantitative estimate of drug-likeness (QED) is 0.0713. The van der Waals surface area contributed by atoms with Crippen LogP contribution in [0.1, 0.15) is 112 Å². The van der Waals surface area contributed by atoms with Gasteiger partial charge in [0.05, 0.1) is 32.9 Å². The number of nitrogens with zero attached hydrogens (tertiary/aromatic N) is 3. The molecular weight excluding hydrogens is 969 g/mol. The minimum Gasteiger partial charge on any atom is -0.496 e. The smallest absolute Gasteiger partial charge is 0.412 e. The summed E-state index contributed by atoms with van der Waals surface area (Å²) >= 11 is 0. The first kappa shape index (κ1) is 53.0. The number of likely N-dealkylation sites (N-methyl/N-ethyl adjacent to an activating group) is 1. The highest BCUT2D eigenvalue weighted by atomic mass is 16.6. The van der Waals surface area contributed by atoms with Crippen LogP contribution >= 0.6 is 0 Å². The van der Waals surface area contributed by atoms with Crippen molar-refractivity contribution in [3.05, 3.63) is 100 Å². The van der Waals surface area contributed by atoms with Gasteiger partial charge in [0.15, 0.2) is 6.10 Å². The Bertz CT molecular complexity index is 3060. The second-order valence-electron chi connectivity index (χ2n) is 23.4. The van der Waals surface area contributed by atoms with Gasteiger partial charge in [-0.05, 0) is 120 Å². The predicted octanol–water partition coefficient (Wildman–Crippen LogP) is 7.08. The van der Waals surface area contributed by atoms with E-state index in [9.17, 15) is 24.3 Å². The number of carbonyl (C=O) groups is 5. The average Bonchev–Trinajstić information content (AvgIpc) is 4.25. The Kier molecular flexibility index (Phi) is 13.2. The van der Waals surface area contributed by atoms with E-state index >= 15 is 4.79 Å². The highest BCUT2D eigenvalue weighted by Gasteiger charge is 2.80. The fourth-order valence-corrected chi connectivity index (χ4v) is 15.3. The molecule has 2 bridgehead atoms. The number of para-hydroxylation sites is 1. The van der Waals surface area contributed by atoms with Crippen molar-refractivity contribution in [2.45, 2.75) is 133 Å². The van der Waals surface area contributed by atoms with Crippen LogP contribution in [0.4, 0.5) is 16.2 Å². The molecule has 1 saturated carbocycles. The Hall–Kier alpha value is -6.43. The summed E-state index contributed by atoms with van der Waals surface area (Å²) in [4.78, 5) is 81.7. The number of amides is 2. The summed E-state index contributed by atoms with van der Waals surface area (Å²) in [7, 11) is 6.11. The maximum atomic E-state index is 15.9. The number of piperidine rings is 1.